The molecule has 1 aromatic carbocycles. The third-order valence-corrected chi connectivity index (χ3v) is 3.79. The average Bonchev–Trinajstić information content (AvgIpc) is 2.37. The number of methoxy groups -OCH3 is 1. The summed E-state index contributed by atoms with van der Waals surface area (Å²) in [5.74, 6) is 0.288. The first kappa shape index (κ1) is 13.6. The van der Waals surface area contributed by atoms with Crippen molar-refractivity contribution in [2.45, 2.75) is 38.6 Å². The number of benzene rings is 1. The molecule has 1 aliphatic rings. The summed E-state index contributed by atoms with van der Waals surface area (Å²) in [5, 5.41) is 3.60. The highest BCUT2D eigenvalue weighted by Crippen LogP contribution is 2.32. The quantitative estimate of drug-likeness (QED) is 0.909. The maximum atomic E-state index is 14.1. The smallest absolute Gasteiger partial charge is 0.148 e. The summed E-state index contributed by atoms with van der Waals surface area (Å²) < 4.78 is 19.5. The summed E-state index contributed by atoms with van der Waals surface area (Å²) in [5.41, 5.74) is 1.48. The van der Waals surface area contributed by atoms with E-state index in [0.717, 1.165) is 18.5 Å². The molecule has 4 heteroatoms. The van der Waals surface area contributed by atoms with E-state index >= 15 is 0 Å². The van der Waals surface area contributed by atoms with Crippen LogP contribution in [0.2, 0.25) is 5.02 Å². The van der Waals surface area contributed by atoms with E-state index in [1.165, 1.54) is 12.8 Å². The fourth-order valence-electron chi connectivity index (χ4n) is 2.61. The van der Waals surface area contributed by atoms with Gasteiger partial charge in [0.1, 0.15) is 11.6 Å². The van der Waals surface area contributed by atoms with E-state index in [1.54, 1.807) is 13.2 Å². The Morgan fingerprint density at radius 1 is 1.50 bits per heavy atom. The van der Waals surface area contributed by atoms with Gasteiger partial charge in [0.05, 0.1) is 12.1 Å². The number of piperidine rings is 1. The minimum absolute atomic E-state index is 0.180. The van der Waals surface area contributed by atoms with Crippen LogP contribution in [-0.2, 0) is 6.42 Å². The number of nitrogens with one attached hydrogen (secondary N) is 1. The zero-order valence-corrected chi connectivity index (χ0v) is 11.6. The van der Waals surface area contributed by atoms with Gasteiger partial charge in [0.2, 0.25) is 0 Å². The molecule has 1 N–H and O–H groups in total. The van der Waals surface area contributed by atoms with Crippen LogP contribution >= 0.6 is 11.6 Å². The third kappa shape index (κ3) is 2.78. The van der Waals surface area contributed by atoms with E-state index in [-0.39, 0.29) is 10.8 Å². The zero-order valence-electron chi connectivity index (χ0n) is 10.9. The van der Waals surface area contributed by atoms with Gasteiger partial charge in [-0.1, -0.05) is 18.0 Å². The van der Waals surface area contributed by atoms with Crippen LogP contribution in [0.5, 0.6) is 5.75 Å². The van der Waals surface area contributed by atoms with Crippen molar-refractivity contribution in [1.82, 2.24) is 5.32 Å². The highest BCUT2D eigenvalue weighted by atomic mass is 35.5. The van der Waals surface area contributed by atoms with Gasteiger partial charge in [-0.05, 0) is 44.4 Å². The maximum Gasteiger partial charge on any atom is 0.148 e. The molecular formula is C14H19ClFNO. The molecule has 0 bridgehead atoms. The first-order chi connectivity index (χ1) is 8.63. The largest absolute Gasteiger partial charge is 0.496 e. The predicted octanol–water partition coefficient (Wildman–Crippen LogP) is 3.48. The SMILES string of the molecule is COc1c(C)cc(Cl)c(F)c1CC1CCCCN1. The van der Waals surface area contributed by atoms with Gasteiger partial charge in [0, 0.05) is 11.6 Å². The Kier molecular flexibility index (Phi) is 4.46. The standard InChI is InChI=1S/C14H19ClFNO/c1-9-7-12(15)13(16)11(14(9)18-2)8-10-5-3-4-6-17-10/h7,10,17H,3-6,8H2,1-2H3. The lowest BCUT2D eigenvalue weighted by Gasteiger charge is -2.25. The van der Waals surface area contributed by atoms with E-state index in [0.29, 0.717) is 23.8 Å². The molecule has 18 heavy (non-hydrogen) atoms. The Morgan fingerprint density at radius 2 is 2.28 bits per heavy atom. The third-order valence-electron chi connectivity index (χ3n) is 3.52. The van der Waals surface area contributed by atoms with Crippen molar-refractivity contribution in [1.29, 1.82) is 0 Å². The first-order valence-electron chi connectivity index (χ1n) is 6.38. The Morgan fingerprint density at radius 3 is 2.89 bits per heavy atom. The number of hydrogen-bond donors (Lipinski definition) is 1. The van der Waals surface area contributed by atoms with Gasteiger partial charge in [-0.15, -0.1) is 0 Å². The zero-order chi connectivity index (χ0) is 13.1. The van der Waals surface area contributed by atoms with Crippen molar-refractivity contribution in [3.05, 3.63) is 28.0 Å². The summed E-state index contributed by atoms with van der Waals surface area (Å²) in [6.07, 6.45) is 4.11. The van der Waals surface area contributed by atoms with Gasteiger partial charge in [0.15, 0.2) is 0 Å². The van der Waals surface area contributed by atoms with E-state index in [9.17, 15) is 4.39 Å². The van der Waals surface area contributed by atoms with Gasteiger partial charge < -0.3 is 10.1 Å². The molecule has 1 fully saturated rings. The summed E-state index contributed by atoms with van der Waals surface area (Å²) in [7, 11) is 1.58. The van der Waals surface area contributed by atoms with Crippen LogP contribution < -0.4 is 10.1 Å². The molecule has 1 heterocycles. The molecule has 1 saturated heterocycles. The topological polar surface area (TPSA) is 21.3 Å². The van der Waals surface area contributed by atoms with E-state index in [2.05, 4.69) is 5.32 Å². The van der Waals surface area contributed by atoms with Gasteiger partial charge >= 0.3 is 0 Å². The Balaban J connectivity index is 2.29. The minimum atomic E-state index is -0.341. The van der Waals surface area contributed by atoms with Gasteiger partial charge in [-0.2, -0.15) is 0 Å². The lowest BCUT2D eigenvalue weighted by molar-refractivity contribution is 0.373. The number of aryl methyl sites for hydroxylation is 1. The van der Waals surface area contributed by atoms with Crippen molar-refractivity contribution in [2.75, 3.05) is 13.7 Å². The second-order valence-corrected chi connectivity index (χ2v) is 5.26. The summed E-state index contributed by atoms with van der Waals surface area (Å²) >= 11 is 5.91. The van der Waals surface area contributed by atoms with Gasteiger partial charge in [0.25, 0.3) is 0 Å². The van der Waals surface area contributed by atoms with Gasteiger partial charge in [-0.3, -0.25) is 0 Å². The Hall–Kier alpha value is -0.800. The van der Waals surface area contributed by atoms with Crippen LogP contribution in [0.15, 0.2) is 6.07 Å². The number of halogens is 2. The second-order valence-electron chi connectivity index (χ2n) is 4.85. The molecule has 0 spiro atoms. The molecule has 1 unspecified atom stereocenters. The van der Waals surface area contributed by atoms with E-state index < -0.39 is 0 Å². The molecule has 1 atom stereocenters. The number of ether oxygens (including phenoxy) is 1. The van der Waals surface area contributed by atoms with Crippen LogP contribution in [0.3, 0.4) is 0 Å². The van der Waals surface area contributed by atoms with Crippen molar-refractivity contribution in [3.8, 4) is 5.75 Å². The molecule has 0 aromatic heterocycles. The van der Waals surface area contributed by atoms with Gasteiger partial charge in [-0.25, -0.2) is 4.39 Å². The lowest BCUT2D eigenvalue weighted by Crippen LogP contribution is -2.36. The molecule has 1 aromatic rings. The molecule has 1 aliphatic heterocycles. The normalized spacial score (nSPS) is 19.9. The molecule has 0 saturated carbocycles. The van der Waals surface area contributed by atoms with E-state index in [4.69, 9.17) is 16.3 Å². The maximum absolute atomic E-state index is 14.1. The summed E-state index contributed by atoms with van der Waals surface area (Å²) in [4.78, 5) is 0. The lowest BCUT2D eigenvalue weighted by atomic mass is 9.95. The molecule has 0 amide bonds. The van der Waals surface area contributed by atoms with Crippen molar-refractivity contribution >= 4 is 11.6 Å². The number of hydrogen-bond acceptors (Lipinski definition) is 2. The van der Waals surface area contributed by atoms with Crippen molar-refractivity contribution < 1.29 is 9.13 Å². The van der Waals surface area contributed by atoms with Crippen LogP contribution in [0, 0.1) is 12.7 Å². The molecule has 2 nitrogen and oxygen atoms in total. The second kappa shape index (κ2) is 5.89. The monoisotopic (exact) mass is 271 g/mol. The molecule has 0 aliphatic carbocycles. The Bertz CT molecular complexity index is 430. The van der Waals surface area contributed by atoms with E-state index in [1.807, 2.05) is 6.92 Å². The molecule has 2 rings (SSSR count). The fraction of sp³-hybridized carbons (Fsp3) is 0.571. The fourth-order valence-corrected chi connectivity index (χ4v) is 2.89. The minimum Gasteiger partial charge on any atom is -0.496 e. The van der Waals surface area contributed by atoms with Crippen LogP contribution in [0.4, 0.5) is 4.39 Å². The predicted molar refractivity (Wildman–Crippen MR) is 72.0 cm³/mol. The Labute approximate surface area is 112 Å². The van der Waals surface area contributed by atoms with Crippen LogP contribution in [-0.4, -0.2) is 19.7 Å². The molecule has 100 valence electrons. The summed E-state index contributed by atoms with van der Waals surface area (Å²) in [6.45, 7) is 2.90. The van der Waals surface area contributed by atoms with Crippen molar-refractivity contribution in [3.63, 3.8) is 0 Å². The molecule has 0 radical (unpaired) electrons. The highest BCUT2D eigenvalue weighted by molar-refractivity contribution is 6.30. The van der Waals surface area contributed by atoms with Crippen LogP contribution in [0.25, 0.3) is 0 Å². The first-order valence-corrected chi connectivity index (χ1v) is 6.76. The van der Waals surface area contributed by atoms with Crippen molar-refractivity contribution in [2.24, 2.45) is 0 Å². The summed E-state index contributed by atoms with van der Waals surface area (Å²) in [6, 6.07) is 1.94. The highest BCUT2D eigenvalue weighted by Gasteiger charge is 2.21. The number of rotatable bonds is 3. The van der Waals surface area contributed by atoms with Crippen LogP contribution in [0.1, 0.15) is 30.4 Å². The molecular weight excluding hydrogens is 253 g/mol. The average molecular weight is 272 g/mol.